The summed E-state index contributed by atoms with van der Waals surface area (Å²) in [5.74, 6) is 2.28. The van der Waals surface area contributed by atoms with Gasteiger partial charge in [-0.3, -0.25) is 0 Å². The molecule has 3 heterocycles. The summed E-state index contributed by atoms with van der Waals surface area (Å²) in [6.45, 7) is 2.34. The van der Waals surface area contributed by atoms with Crippen LogP contribution in [0.3, 0.4) is 0 Å². The normalized spacial score (nSPS) is 18.9. The van der Waals surface area contributed by atoms with Gasteiger partial charge in [-0.2, -0.15) is 0 Å². The Bertz CT molecular complexity index is 3060. The van der Waals surface area contributed by atoms with Crippen LogP contribution in [0.5, 0.6) is 11.5 Å². The van der Waals surface area contributed by atoms with Crippen molar-refractivity contribution in [2.24, 2.45) is 5.92 Å². The lowest BCUT2D eigenvalue weighted by atomic mass is 9.63. The lowest BCUT2D eigenvalue weighted by Crippen LogP contribution is -2.34. The van der Waals surface area contributed by atoms with Crippen LogP contribution in [0.25, 0.3) is 65.8 Å². The first-order valence-electron chi connectivity index (χ1n) is 17.9. The Morgan fingerprint density at radius 2 is 1.39 bits per heavy atom. The largest absolute Gasteiger partial charge is 0.457 e. The summed E-state index contributed by atoms with van der Waals surface area (Å²) in [5.41, 5.74) is 12.7. The first kappa shape index (κ1) is 27.5. The van der Waals surface area contributed by atoms with Gasteiger partial charge in [0.05, 0.1) is 16.4 Å². The van der Waals surface area contributed by atoms with Gasteiger partial charge in [0.2, 0.25) is 0 Å². The molecule has 2 aliphatic carbocycles. The first-order chi connectivity index (χ1) is 25.2. The lowest BCUT2D eigenvalue weighted by molar-refractivity contribution is 0.430. The van der Waals surface area contributed by atoms with Gasteiger partial charge in [-0.15, -0.1) is 0 Å². The molecule has 0 bridgehead atoms. The van der Waals surface area contributed by atoms with Crippen molar-refractivity contribution in [2.75, 3.05) is 0 Å². The number of ether oxygens (including phenoxy) is 1. The van der Waals surface area contributed by atoms with Crippen molar-refractivity contribution in [1.82, 2.24) is 4.57 Å². The third-order valence-electron chi connectivity index (χ3n) is 11.8. The van der Waals surface area contributed by atoms with Gasteiger partial charge in [-0.1, -0.05) is 110 Å². The number of furan rings is 1. The molecule has 2 unspecified atom stereocenters. The van der Waals surface area contributed by atoms with Crippen molar-refractivity contribution >= 4 is 60.1 Å². The van der Waals surface area contributed by atoms with E-state index in [4.69, 9.17) is 9.15 Å². The SMILES string of the molecule is CC1C=CC2=C(C1)C1(c3ccccc3Oc3cc4c(cc31)c1c3ccccc3ccc1n4-c1ccc3oc4ccccc4c3c1)c1ccccc12. The number of benzene rings is 7. The van der Waals surface area contributed by atoms with Gasteiger partial charge in [-0.05, 0) is 87.8 Å². The van der Waals surface area contributed by atoms with Crippen LogP contribution in [0.2, 0.25) is 0 Å². The van der Waals surface area contributed by atoms with E-state index >= 15 is 0 Å². The van der Waals surface area contributed by atoms with E-state index in [0.29, 0.717) is 5.92 Å². The maximum Gasteiger partial charge on any atom is 0.135 e. The number of allylic oxidation sites excluding steroid dienone is 4. The minimum Gasteiger partial charge on any atom is -0.457 e. The quantitative estimate of drug-likeness (QED) is 0.176. The Hall–Kier alpha value is -6.32. The molecule has 3 nitrogen and oxygen atoms in total. The summed E-state index contributed by atoms with van der Waals surface area (Å²) in [6, 6.07) is 50.8. The summed E-state index contributed by atoms with van der Waals surface area (Å²) >= 11 is 0. The third-order valence-corrected chi connectivity index (χ3v) is 11.8. The molecule has 9 aromatic rings. The average molecular weight is 654 g/mol. The van der Waals surface area contributed by atoms with Gasteiger partial charge in [0.15, 0.2) is 0 Å². The molecule has 3 heteroatoms. The van der Waals surface area contributed by atoms with Crippen molar-refractivity contribution in [1.29, 1.82) is 0 Å². The molecular formula is C48H31NO2. The monoisotopic (exact) mass is 653 g/mol. The summed E-state index contributed by atoms with van der Waals surface area (Å²) in [6.07, 6.45) is 5.75. The summed E-state index contributed by atoms with van der Waals surface area (Å²) in [7, 11) is 0. The molecule has 51 heavy (non-hydrogen) atoms. The summed E-state index contributed by atoms with van der Waals surface area (Å²) < 4.78 is 15.7. The second kappa shape index (κ2) is 9.68. The molecule has 2 atom stereocenters. The summed E-state index contributed by atoms with van der Waals surface area (Å²) in [4.78, 5) is 0. The van der Waals surface area contributed by atoms with Crippen LogP contribution >= 0.6 is 0 Å². The van der Waals surface area contributed by atoms with Gasteiger partial charge < -0.3 is 13.7 Å². The third kappa shape index (κ3) is 3.43. The molecule has 1 spiro atoms. The van der Waals surface area contributed by atoms with Crippen molar-refractivity contribution < 1.29 is 9.15 Å². The Kier molecular flexibility index (Phi) is 5.22. The maximum atomic E-state index is 7.01. The fourth-order valence-electron chi connectivity index (χ4n) is 9.74. The highest BCUT2D eigenvalue weighted by molar-refractivity contribution is 6.22. The Morgan fingerprint density at radius 3 is 2.33 bits per heavy atom. The zero-order valence-electron chi connectivity index (χ0n) is 28.0. The Balaban J connectivity index is 1.24. The fourth-order valence-corrected chi connectivity index (χ4v) is 9.74. The van der Waals surface area contributed by atoms with E-state index in [0.717, 1.165) is 51.1 Å². The number of hydrogen-bond donors (Lipinski definition) is 0. The van der Waals surface area contributed by atoms with Crippen LogP contribution in [-0.2, 0) is 5.41 Å². The van der Waals surface area contributed by atoms with E-state index in [9.17, 15) is 0 Å². The predicted octanol–water partition coefficient (Wildman–Crippen LogP) is 12.6. The van der Waals surface area contributed by atoms with E-state index in [-0.39, 0.29) is 0 Å². The molecule has 240 valence electrons. The number of fused-ring (bicyclic) bond motifs is 16. The van der Waals surface area contributed by atoms with Crippen LogP contribution in [0.15, 0.2) is 162 Å². The van der Waals surface area contributed by atoms with Gasteiger partial charge in [0.25, 0.3) is 0 Å². The Labute approximate surface area is 294 Å². The van der Waals surface area contributed by atoms with E-state index in [2.05, 4.69) is 151 Å². The second-order valence-corrected chi connectivity index (χ2v) is 14.5. The molecule has 1 aliphatic heterocycles. The maximum absolute atomic E-state index is 7.01. The molecule has 7 aromatic carbocycles. The van der Waals surface area contributed by atoms with Gasteiger partial charge in [0.1, 0.15) is 22.7 Å². The zero-order chi connectivity index (χ0) is 33.4. The predicted molar refractivity (Wildman–Crippen MR) is 208 cm³/mol. The molecule has 3 aliphatic rings. The number of hydrogen-bond acceptors (Lipinski definition) is 2. The van der Waals surface area contributed by atoms with Crippen molar-refractivity contribution in [3.8, 4) is 17.2 Å². The minimum absolute atomic E-state index is 0.442. The smallest absolute Gasteiger partial charge is 0.135 e. The lowest BCUT2D eigenvalue weighted by Gasteiger charge is -2.41. The molecule has 0 amide bonds. The number of aromatic nitrogens is 1. The van der Waals surface area contributed by atoms with E-state index in [1.54, 1.807) is 0 Å². The van der Waals surface area contributed by atoms with Crippen LogP contribution in [0, 0.1) is 5.92 Å². The van der Waals surface area contributed by atoms with Crippen molar-refractivity contribution in [3.05, 3.63) is 180 Å². The standard InChI is InChI=1S/C48H31NO2/c1-28-18-21-33-32-12-4-6-14-37(32)48(39(33)24-28)38-15-7-9-17-45(38)51-46-27-42-36(26-40(46)48)47-31-11-3-2-10-29(31)19-22-41(47)49(42)30-20-23-44-35(25-30)34-13-5-8-16-43(34)50-44/h2-23,25-28H,24H2,1H3. The molecule has 0 saturated heterocycles. The van der Waals surface area contributed by atoms with Crippen LogP contribution in [0.1, 0.15) is 35.6 Å². The highest BCUT2D eigenvalue weighted by atomic mass is 16.5. The molecule has 0 N–H and O–H groups in total. The van der Waals surface area contributed by atoms with Crippen LogP contribution in [0.4, 0.5) is 0 Å². The topological polar surface area (TPSA) is 27.3 Å². The van der Waals surface area contributed by atoms with Crippen LogP contribution in [-0.4, -0.2) is 4.57 Å². The highest BCUT2D eigenvalue weighted by Gasteiger charge is 2.52. The highest BCUT2D eigenvalue weighted by Crippen LogP contribution is 2.64. The molecule has 2 aromatic heterocycles. The average Bonchev–Trinajstić information content (AvgIpc) is 3.80. The van der Waals surface area contributed by atoms with Gasteiger partial charge in [-0.25, -0.2) is 0 Å². The molecule has 0 radical (unpaired) electrons. The first-order valence-corrected chi connectivity index (χ1v) is 17.9. The number of para-hydroxylation sites is 2. The second-order valence-electron chi connectivity index (χ2n) is 14.5. The van der Waals surface area contributed by atoms with Crippen molar-refractivity contribution in [2.45, 2.75) is 18.8 Å². The zero-order valence-corrected chi connectivity index (χ0v) is 28.0. The van der Waals surface area contributed by atoms with E-state index < -0.39 is 5.41 Å². The number of nitrogens with zero attached hydrogens (tertiary/aromatic N) is 1. The number of rotatable bonds is 1. The van der Waals surface area contributed by atoms with E-state index in [1.807, 2.05) is 12.1 Å². The minimum atomic E-state index is -0.461. The van der Waals surface area contributed by atoms with Gasteiger partial charge >= 0.3 is 0 Å². The fraction of sp³-hybridized carbons (Fsp3) is 0.0833. The molecule has 12 rings (SSSR count). The van der Waals surface area contributed by atoms with E-state index in [1.165, 1.54) is 60.5 Å². The molecule has 0 saturated carbocycles. The summed E-state index contributed by atoms with van der Waals surface area (Å²) in [5, 5.41) is 7.21. The van der Waals surface area contributed by atoms with Crippen molar-refractivity contribution in [3.63, 3.8) is 0 Å². The molecule has 0 fully saturated rings. The van der Waals surface area contributed by atoms with Crippen LogP contribution < -0.4 is 4.74 Å². The van der Waals surface area contributed by atoms with Gasteiger partial charge in [0, 0.05) is 44.4 Å². The Morgan fingerprint density at radius 1 is 0.608 bits per heavy atom. The molecular weight excluding hydrogens is 623 g/mol.